The number of nitrogens with zero attached hydrogens (tertiary/aromatic N) is 2. The first kappa shape index (κ1) is 13.8. The lowest BCUT2D eigenvalue weighted by Crippen LogP contribution is -2.29. The van der Waals surface area contributed by atoms with Crippen LogP contribution in [0, 0.1) is 0 Å². The standard InChI is InChI=1S/C15H22N4/c1-3-12-5-7-14(8-6-12)15(18-16)9-13-10-17-19(4-2)11-13/h5-8,10-11,15,18H,3-4,9,16H2,1-2H3. The number of hydrogen-bond donors (Lipinski definition) is 2. The van der Waals surface area contributed by atoms with Crippen molar-refractivity contribution >= 4 is 0 Å². The summed E-state index contributed by atoms with van der Waals surface area (Å²) >= 11 is 0. The Bertz CT molecular complexity index is 501. The Morgan fingerprint density at radius 2 is 1.95 bits per heavy atom. The molecule has 0 spiro atoms. The molecule has 0 aliphatic heterocycles. The molecule has 0 fully saturated rings. The molecule has 0 aliphatic carbocycles. The lowest BCUT2D eigenvalue weighted by atomic mass is 9.99. The van der Waals surface area contributed by atoms with Crippen LogP contribution in [0.3, 0.4) is 0 Å². The molecule has 1 aromatic carbocycles. The van der Waals surface area contributed by atoms with Crippen molar-refractivity contribution < 1.29 is 0 Å². The molecule has 0 aliphatic rings. The lowest BCUT2D eigenvalue weighted by molar-refractivity contribution is 0.551. The molecule has 1 atom stereocenters. The van der Waals surface area contributed by atoms with Crippen LogP contribution in [0.15, 0.2) is 36.7 Å². The molecule has 1 heterocycles. The molecule has 2 aromatic rings. The van der Waals surface area contributed by atoms with Gasteiger partial charge in [-0.3, -0.25) is 16.0 Å². The molecule has 4 nitrogen and oxygen atoms in total. The summed E-state index contributed by atoms with van der Waals surface area (Å²) in [4.78, 5) is 0. The minimum atomic E-state index is 0.125. The van der Waals surface area contributed by atoms with Gasteiger partial charge in [0.2, 0.25) is 0 Å². The summed E-state index contributed by atoms with van der Waals surface area (Å²) in [6.07, 6.45) is 5.89. The van der Waals surface area contributed by atoms with Gasteiger partial charge in [-0.15, -0.1) is 0 Å². The van der Waals surface area contributed by atoms with Crippen molar-refractivity contribution in [2.75, 3.05) is 0 Å². The zero-order valence-electron chi connectivity index (χ0n) is 11.6. The van der Waals surface area contributed by atoms with Crippen LogP contribution in [-0.2, 0) is 19.4 Å². The average molecular weight is 258 g/mol. The molecule has 4 heteroatoms. The number of hydrogen-bond acceptors (Lipinski definition) is 3. The summed E-state index contributed by atoms with van der Waals surface area (Å²) in [6.45, 7) is 5.14. The molecule has 19 heavy (non-hydrogen) atoms. The SMILES string of the molecule is CCc1ccc(C(Cc2cnn(CC)c2)NN)cc1. The first-order valence-corrected chi connectivity index (χ1v) is 6.83. The predicted molar refractivity (Wildman–Crippen MR) is 77.5 cm³/mol. The second-order valence-electron chi connectivity index (χ2n) is 4.72. The molecule has 1 aromatic heterocycles. The van der Waals surface area contributed by atoms with Crippen LogP contribution >= 0.6 is 0 Å². The van der Waals surface area contributed by atoms with E-state index in [1.165, 1.54) is 16.7 Å². The third-order valence-corrected chi connectivity index (χ3v) is 3.44. The molecule has 0 amide bonds. The third-order valence-electron chi connectivity index (χ3n) is 3.44. The Morgan fingerprint density at radius 3 is 2.47 bits per heavy atom. The van der Waals surface area contributed by atoms with Crippen LogP contribution in [0.2, 0.25) is 0 Å². The predicted octanol–water partition coefficient (Wildman–Crippen LogP) is 2.21. The fourth-order valence-electron chi connectivity index (χ4n) is 2.18. The summed E-state index contributed by atoms with van der Waals surface area (Å²) in [6, 6.07) is 8.74. The Labute approximate surface area is 114 Å². The van der Waals surface area contributed by atoms with Crippen molar-refractivity contribution in [1.29, 1.82) is 0 Å². The van der Waals surface area contributed by atoms with Crippen LogP contribution in [-0.4, -0.2) is 9.78 Å². The highest BCUT2D eigenvalue weighted by molar-refractivity contribution is 5.26. The van der Waals surface area contributed by atoms with Gasteiger partial charge in [0.05, 0.1) is 12.2 Å². The Kier molecular flexibility index (Phi) is 4.71. The molecule has 0 bridgehead atoms. The van der Waals surface area contributed by atoms with Gasteiger partial charge in [0.15, 0.2) is 0 Å². The van der Waals surface area contributed by atoms with Crippen LogP contribution in [0.1, 0.15) is 36.6 Å². The number of aromatic nitrogens is 2. The number of rotatable bonds is 6. The highest BCUT2D eigenvalue weighted by atomic mass is 15.3. The van der Waals surface area contributed by atoms with Gasteiger partial charge in [-0.05, 0) is 36.5 Å². The normalized spacial score (nSPS) is 12.6. The number of nitrogens with two attached hydrogens (primary N) is 1. The molecular formula is C15H22N4. The van der Waals surface area contributed by atoms with Gasteiger partial charge in [0.1, 0.15) is 0 Å². The smallest absolute Gasteiger partial charge is 0.0522 e. The zero-order chi connectivity index (χ0) is 13.7. The third kappa shape index (κ3) is 3.43. The molecule has 102 valence electrons. The summed E-state index contributed by atoms with van der Waals surface area (Å²) in [7, 11) is 0. The van der Waals surface area contributed by atoms with Crippen LogP contribution in [0.25, 0.3) is 0 Å². The maximum atomic E-state index is 5.69. The minimum Gasteiger partial charge on any atom is -0.273 e. The maximum Gasteiger partial charge on any atom is 0.0522 e. The number of nitrogens with one attached hydrogen (secondary N) is 1. The Morgan fingerprint density at radius 1 is 1.21 bits per heavy atom. The molecule has 0 saturated carbocycles. The minimum absolute atomic E-state index is 0.125. The van der Waals surface area contributed by atoms with E-state index in [9.17, 15) is 0 Å². The number of hydrazine groups is 1. The fraction of sp³-hybridized carbons (Fsp3) is 0.400. The van der Waals surface area contributed by atoms with E-state index in [0.717, 1.165) is 19.4 Å². The van der Waals surface area contributed by atoms with Crippen molar-refractivity contribution in [3.8, 4) is 0 Å². The second kappa shape index (κ2) is 6.50. The van der Waals surface area contributed by atoms with Crippen molar-refractivity contribution in [2.45, 2.75) is 39.3 Å². The molecule has 1 unspecified atom stereocenters. The van der Waals surface area contributed by atoms with Crippen molar-refractivity contribution in [3.05, 3.63) is 53.3 Å². The summed E-state index contributed by atoms with van der Waals surface area (Å²) < 4.78 is 1.93. The highest BCUT2D eigenvalue weighted by Gasteiger charge is 2.11. The highest BCUT2D eigenvalue weighted by Crippen LogP contribution is 2.18. The van der Waals surface area contributed by atoms with Crippen molar-refractivity contribution in [2.24, 2.45) is 5.84 Å². The number of benzene rings is 1. The molecule has 0 radical (unpaired) electrons. The second-order valence-corrected chi connectivity index (χ2v) is 4.72. The van der Waals surface area contributed by atoms with Gasteiger partial charge in [0, 0.05) is 12.7 Å². The molecule has 0 saturated heterocycles. The molecule has 3 N–H and O–H groups in total. The monoisotopic (exact) mass is 258 g/mol. The van der Waals surface area contributed by atoms with E-state index in [-0.39, 0.29) is 6.04 Å². The quantitative estimate of drug-likeness (QED) is 0.617. The van der Waals surface area contributed by atoms with Gasteiger partial charge < -0.3 is 0 Å². The van der Waals surface area contributed by atoms with Gasteiger partial charge >= 0.3 is 0 Å². The maximum absolute atomic E-state index is 5.69. The van der Waals surface area contributed by atoms with E-state index in [0.29, 0.717) is 0 Å². The largest absolute Gasteiger partial charge is 0.273 e. The summed E-state index contributed by atoms with van der Waals surface area (Å²) in [5, 5.41) is 4.29. The summed E-state index contributed by atoms with van der Waals surface area (Å²) in [5.74, 6) is 5.69. The van der Waals surface area contributed by atoms with Crippen LogP contribution in [0.4, 0.5) is 0 Å². The van der Waals surface area contributed by atoms with Crippen molar-refractivity contribution in [1.82, 2.24) is 15.2 Å². The first-order valence-electron chi connectivity index (χ1n) is 6.83. The van der Waals surface area contributed by atoms with Crippen LogP contribution in [0.5, 0.6) is 0 Å². The zero-order valence-corrected chi connectivity index (χ0v) is 11.6. The van der Waals surface area contributed by atoms with E-state index in [1.54, 1.807) is 0 Å². The van der Waals surface area contributed by atoms with E-state index in [1.807, 2.05) is 10.9 Å². The fourth-order valence-corrected chi connectivity index (χ4v) is 2.18. The van der Waals surface area contributed by atoms with E-state index in [2.05, 4.69) is 54.8 Å². The summed E-state index contributed by atoms with van der Waals surface area (Å²) in [5.41, 5.74) is 6.65. The van der Waals surface area contributed by atoms with Gasteiger partial charge in [-0.25, -0.2) is 0 Å². The van der Waals surface area contributed by atoms with Gasteiger partial charge in [-0.2, -0.15) is 5.10 Å². The number of aryl methyl sites for hydroxylation is 2. The molecular weight excluding hydrogens is 236 g/mol. The van der Waals surface area contributed by atoms with Gasteiger partial charge in [-0.1, -0.05) is 31.2 Å². The van der Waals surface area contributed by atoms with Crippen molar-refractivity contribution in [3.63, 3.8) is 0 Å². The Hall–Kier alpha value is -1.65. The first-order chi connectivity index (χ1) is 9.26. The molecule has 2 rings (SSSR count). The average Bonchev–Trinajstić information content (AvgIpc) is 2.92. The Balaban J connectivity index is 2.10. The lowest BCUT2D eigenvalue weighted by Gasteiger charge is -2.15. The van der Waals surface area contributed by atoms with E-state index >= 15 is 0 Å². The van der Waals surface area contributed by atoms with Crippen LogP contribution < -0.4 is 11.3 Å². The van der Waals surface area contributed by atoms with E-state index in [4.69, 9.17) is 5.84 Å². The topological polar surface area (TPSA) is 55.9 Å². The van der Waals surface area contributed by atoms with Gasteiger partial charge in [0.25, 0.3) is 0 Å². The van der Waals surface area contributed by atoms with E-state index < -0.39 is 0 Å².